The van der Waals surface area contributed by atoms with E-state index in [0.717, 1.165) is 48.2 Å². The van der Waals surface area contributed by atoms with Gasteiger partial charge in [0.1, 0.15) is 5.52 Å². The Hall–Kier alpha value is -1.99. The van der Waals surface area contributed by atoms with Gasteiger partial charge < -0.3 is 4.90 Å². The van der Waals surface area contributed by atoms with E-state index in [1.165, 1.54) is 11.3 Å². The van der Waals surface area contributed by atoms with Gasteiger partial charge in [0.25, 0.3) is 0 Å². The maximum absolute atomic E-state index is 4.59. The number of pyridine rings is 2. The molecule has 0 aromatic carbocycles. The van der Waals surface area contributed by atoms with E-state index in [1.54, 1.807) is 0 Å². The number of fused-ring (bicyclic) bond motifs is 1. The van der Waals surface area contributed by atoms with Crippen molar-refractivity contribution in [2.45, 2.75) is 32.9 Å². The molecule has 0 atom stereocenters. The maximum Gasteiger partial charge on any atom is 0.112 e. The third-order valence-corrected chi connectivity index (χ3v) is 5.40. The highest BCUT2D eigenvalue weighted by molar-refractivity contribution is 9.10. The fourth-order valence-corrected chi connectivity index (χ4v) is 3.78. The third kappa shape index (κ3) is 3.99. The summed E-state index contributed by atoms with van der Waals surface area (Å²) >= 11 is 3.48. The first-order valence-corrected chi connectivity index (χ1v) is 10.1. The van der Waals surface area contributed by atoms with Crippen LogP contribution in [-0.2, 0) is 12.1 Å². The lowest BCUT2D eigenvalue weighted by Crippen LogP contribution is -2.46. The molecule has 1 aliphatic heterocycles. The molecule has 1 saturated heterocycles. The molecule has 142 valence electrons. The summed E-state index contributed by atoms with van der Waals surface area (Å²) in [5, 5.41) is 4.52. The van der Waals surface area contributed by atoms with Crippen LogP contribution in [0.5, 0.6) is 0 Å². The van der Waals surface area contributed by atoms with Gasteiger partial charge in [-0.1, -0.05) is 0 Å². The molecule has 0 bridgehead atoms. The van der Waals surface area contributed by atoms with Crippen molar-refractivity contribution in [3.05, 3.63) is 47.0 Å². The quantitative estimate of drug-likeness (QED) is 0.636. The molecule has 7 heteroatoms. The van der Waals surface area contributed by atoms with Crippen molar-refractivity contribution in [1.82, 2.24) is 24.6 Å². The summed E-state index contributed by atoms with van der Waals surface area (Å²) in [6, 6.07) is 4.10. The van der Waals surface area contributed by atoms with Gasteiger partial charge >= 0.3 is 0 Å². The van der Waals surface area contributed by atoms with Crippen LogP contribution >= 0.6 is 15.9 Å². The number of rotatable bonds is 3. The molecular formula is C20H25BrN6. The summed E-state index contributed by atoms with van der Waals surface area (Å²) in [5.41, 5.74) is 4.38. The van der Waals surface area contributed by atoms with Crippen molar-refractivity contribution in [2.75, 3.05) is 31.1 Å². The van der Waals surface area contributed by atoms with Crippen molar-refractivity contribution in [3.63, 3.8) is 0 Å². The van der Waals surface area contributed by atoms with Gasteiger partial charge in [-0.15, -0.1) is 0 Å². The van der Waals surface area contributed by atoms with E-state index in [-0.39, 0.29) is 5.54 Å². The second-order valence-corrected chi connectivity index (χ2v) is 8.99. The van der Waals surface area contributed by atoms with E-state index in [9.17, 15) is 0 Å². The number of hydrogen-bond acceptors (Lipinski definition) is 5. The monoisotopic (exact) mass is 428 g/mol. The standard InChI is InChI=1S/C20H25BrN6/c1-20(2,3)27-14-15(11-24-27)13-25-6-8-26(9-7-25)18-4-5-22-17-10-16(21)12-23-19(17)18/h4-5,10-12,14H,6-9,13H2,1-3H3. The minimum absolute atomic E-state index is 0.0291. The Morgan fingerprint density at radius 1 is 1.07 bits per heavy atom. The number of anilines is 1. The van der Waals surface area contributed by atoms with E-state index in [4.69, 9.17) is 0 Å². The van der Waals surface area contributed by atoms with Gasteiger partial charge in [-0.25, -0.2) is 0 Å². The van der Waals surface area contributed by atoms with Crippen LogP contribution in [0.3, 0.4) is 0 Å². The van der Waals surface area contributed by atoms with Gasteiger partial charge in [-0.2, -0.15) is 5.10 Å². The molecule has 6 nitrogen and oxygen atoms in total. The molecule has 0 aliphatic carbocycles. The molecule has 0 unspecified atom stereocenters. The zero-order chi connectivity index (χ0) is 19.0. The third-order valence-electron chi connectivity index (χ3n) is 4.97. The lowest BCUT2D eigenvalue weighted by molar-refractivity contribution is 0.249. The zero-order valence-electron chi connectivity index (χ0n) is 16.1. The number of halogens is 1. The molecule has 27 heavy (non-hydrogen) atoms. The molecule has 1 aliphatic rings. The van der Waals surface area contributed by atoms with Gasteiger partial charge in [-0.05, 0) is 48.8 Å². The van der Waals surface area contributed by atoms with Gasteiger partial charge in [0.2, 0.25) is 0 Å². The second-order valence-electron chi connectivity index (χ2n) is 8.08. The summed E-state index contributed by atoms with van der Waals surface area (Å²) in [5.74, 6) is 0. The molecule has 0 radical (unpaired) electrons. The van der Waals surface area contributed by atoms with Crippen LogP contribution in [0.2, 0.25) is 0 Å². The highest BCUT2D eigenvalue weighted by Gasteiger charge is 2.21. The SMILES string of the molecule is CC(C)(C)n1cc(CN2CCN(c3ccnc4cc(Br)cnc34)CC2)cn1. The molecule has 3 aromatic heterocycles. The molecular weight excluding hydrogens is 404 g/mol. The van der Waals surface area contributed by atoms with E-state index in [0.29, 0.717) is 0 Å². The molecule has 4 rings (SSSR count). The molecule has 4 heterocycles. The molecule has 3 aromatic rings. The Morgan fingerprint density at radius 2 is 1.85 bits per heavy atom. The van der Waals surface area contributed by atoms with E-state index < -0.39 is 0 Å². The predicted molar refractivity (Wildman–Crippen MR) is 112 cm³/mol. The summed E-state index contributed by atoms with van der Waals surface area (Å²) < 4.78 is 3.01. The van der Waals surface area contributed by atoms with Crippen molar-refractivity contribution >= 4 is 32.7 Å². The van der Waals surface area contributed by atoms with Gasteiger partial charge in [0.15, 0.2) is 0 Å². The summed E-state index contributed by atoms with van der Waals surface area (Å²) in [4.78, 5) is 14.0. The lowest BCUT2D eigenvalue weighted by atomic mass is 10.1. The first-order valence-electron chi connectivity index (χ1n) is 9.32. The van der Waals surface area contributed by atoms with Crippen LogP contribution in [0.25, 0.3) is 11.0 Å². The van der Waals surface area contributed by atoms with Crippen molar-refractivity contribution in [3.8, 4) is 0 Å². The van der Waals surface area contributed by atoms with E-state index >= 15 is 0 Å². The first kappa shape index (κ1) is 18.4. The minimum atomic E-state index is 0.0291. The average molecular weight is 429 g/mol. The predicted octanol–water partition coefficient (Wildman–Crippen LogP) is 3.67. The smallest absolute Gasteiger partial charge is 0.112 e. The minimum Gasteiger partial charge on any atom is -0.367 e. The number of aromatic nitrogens is 4. The fraction of sp³-hybridized carbons (Fsp3) is 0.450. The van der Waals surface area contributed by atoms with Crippen LogP contribution in [0, 0.1) is 0 Å². The summed E-state index contributed by atoms with van der Waals surface area (Å²) in [6.07, 6.45) is 7.88. The molecule has 0 saturated carbocycles. The largest absolute Gasteiger partial charge is 0.367 e. The van der Waals surface area contributed by atoms with E-state index in [1.807, 2.05) is 29.3 Å². The van der Waals surface area contributed by atoms with E-state index in [2.05, 4.69) is 73.8 Å². The van der Waals surface area contributed by atoms with Gasteiger partial charge in [0.05, 0.1) is 22.9 Å². The summed E-state index contributed by atoms with van der Waals surface area (Å²) in [6.45, 7) is 11.5. The van der Waals surface area contributed by atoms with Gasteiger partial charge in [-0.3, -0.25) is 19.5 Å². The van der Waals surface area contributed by atoms with Crippen molar-refractivity contribution in [1.29, 1.82) is 0 Å². The first-order chi connectivity index (χ1) is 12.9. The highest BCUT2D eigenvalue weighted by atomic mass is 79.9. The van der Waals surface area contributed by atoms with Crippen LogP contribution in [-0.4, -0.2) is 50.8 Å². The lowest BCUT2D eigenvalue weighted by Gasteiger charge is -2.36. The Labute approximate surface area is 168 Å². The Balaban J connectivity index is 1.43. The maximum atomic E-state index is 4.59. The Bertz CT molecular complexity index is 937. The van der Waals surface area contributed by atoms with Crippen molar-refractivity contribution in [2.24, 2.45) is 0 Å². The Kier molecular flexibility index (Phi) is 4.90. The van der Waals surface area contributed by atoms with Gasteiger partial charge in [0, 0.05) is 61.4 Å². The van der Waals surface area contributed by atoms with Crippen LogP contribution in [0.15, 0.2) is 41.4 Å². The molecule has 1 fully saturated rings. The van der Waals surface area contributed by atoms with Crippen LogP contribution < -0.4 is 4.90 Å². The normalized spacial score (nSPS) is 16.2. The topological polar surface area (TPSA) is 50.1 Å². The highest BCUT2D eigenvalue weighted by Crippen LogP contribution is 2.26. The summed E-state index contributed by atoms with van der Waals surface area (Å²) in [7, 11) is 0. The fourth-order valence-electron chi connectivity index (χ4n) is 3.46. The van der Waals surface area contributed by atoms with Crippen molar-refractivity contribution < 1.29 is 0 Å². The molecule has 0 amide bonds. The number of piperazine rings is 1. The number of hydrogen-bond donors (Lipinski definition) is 0. The average Bonchev–Trinajstić information content (AvgIpc) is 3.11. The molecule has 0 spiro atoms. The zero-order valence-corrected chi connectivity index (χ0v) is 17.6. The van der Waals surface area contributed by atoms with Crippen LogP contribution in [0.4, 0.5) is 5.69 Å². The Morgan fingerprint density at radius 3 is 2.56 bits per heavy atom. The molecule has 0 N–H and O–H groups in total. The van der Waals surface area contributed by atoms with Crippen LogP contribution in [0.1, 0.15) is 26.3 Å². The number of nitrogens with zero attached hydrogens (tertiary/aromatic N) is 6. The second kappa shape index (κ2) is 7.20.